The van der Waals surface area contributed by atoms with Gasteiger partial charge in [-0.05, 0) is 32.3 Å². The molecule has 0 aliphatic heterocycles. The maximum absolute atomic E-state index is 12.1. The predicted octanol–water partition coefficient (Wildman–Crippen LogP) is 2.18. The third-order valence-electron chi connectivity index (χ3n) is 3.65. The smallest absolute Gasteiger partial charge is 0.346 e. The van der Waals surface area contributed by atoms with Crippen molar-refractivity contribution in [3.8, 4) is 6.07 Å². The zero-order valence-electron chi connectivity index (χ0n) is 14.2. The maximum Gasteiger partial charge on any atom is 0.346 e. The highest BCUT2D eigenvalue weighted by Crippen LogP contribution is 2.19. The highest BCUT2D eigenvalue weighted by Gasteiger charge is 2.13. The summed E-state index contributed by atoms with van der Waals surface area (Å²) in [6.45, 7) is 3.60. The van der Waals surface area contributed by atoms with E-state index in [-0.39, 0.29) is 22.7 Å². The van der Waals surface area contributed by atoms with Crippen LogP contribution in [0.25, 0.3) is 0 Å². The van der Waals surface area contributed by atoms with Gasteiger partial charge < -0.3 is 10.3 Å². The SMILES string of the molecule is Cc1[nH]c(=O)nc(SCC(=O)NC(C)CCc2ccccc2)c1C#N. The average molecular weight is 356 g/mol. The Balaban J connectivity index is 1.85. The normalized spacial score (nSPS) is 11.6. The first-order valence-electron chi connectivity index (χ1n) is 7.96. The number of hydrogen-bond donors (Lipinski definition) is 2. The Hall–Kier alpha value is -2.59. The number of thioether (sulfide) groups is 1. The summed E-state index contributed by atoms with van der Waals surface area (Å²) >= 11 is 1.10. The number of aromatic amines is 1. The van der Waals surface area contributed by atoms with Gasteiger partial charge in [-0.1, -0.05) is 42.1 Å². The lowest BCUT2D eigenvalue weighted by molar-refractivity contribution is -0.119. The highest BCUT2D eigenvalue weighted by molar-refractivity contribution is 8.00. The van der Waals surface area contributed by atoms with Gasteiger partial charge in [-0.3, -0.25) is 4.79 Å². The molecule has 1 heterocycles. The third kappa shape index (κ3) is 5.76. The first-order valence-corrected chi connectivity index (χ1v) is 8.95. The van der Waals surface area contributed by atoms with Gasteiger partial charge in [-0.25, -0.2) is 4.79 Å². The molecule has 2 rings (SSSR count). The van der Waals surface area contributed by atoms with Crippen molar-refractivity contribution in [1.82, 2.24) is 15.3 Å². The van der Waals surface area contributed by atoms with Gasteiger partial charge in [0, 0.05) is 11.7 Å². The molecule has 7 heteroatoms. The van der Waals surface area contributed by atoms with Crippen LogP contribution in [0.3, 0.4) is 0 Å². The fourth-order valence-corrected chi connectivity index (χ4v) is 3.19. The van der Waals surface area contributed by atoms with Crippen LogP contribution in [0.2, 0.25) is 0 Å². The van der Waals surface area contributed by atoms with Crippen molar-refractivity contribution < 1.29 is 4.79 Å². The molecule has 0 saturated heterocycles. The van der Waals surface area contributed by atoms with Crippen LogP contribution in [0.15, 0.2) is 40.2 Å². The van der Waals surface area contributed by atoms with Crippen LogP contribution < -0.4 is 11.0 Å². The lowest BCUT2D eigenvalue weighted by Gasteiger charge is -2.14. The van der Waals surface area contributed by atoms with Crippen LogP contribution in [0, 0.1) is 18.3 Å². The van der Waals surface area contributed by atoms with Gasteiger partial charge in [0.1, 0.15) is 16.7 Å². The number of benzene rings is 1. The lowest BCUT2D eigenvalue weighted by Crippen LogP contribution is -2.34. The summed E-state index contributed by atoms with van der Waals surface area (Å²) in [5, 5.41) is 12.4. The van der Waals surface area contributed by atoms with E-state index in [1.54, 1.807) is 6.92 Å². The monoisotopic (exact) mass is 356 g/mol. The van der Waals surface area contributed by atoms with Crippen LogP contribution in [-0.4, -0.2) is 27.7 Å². The zero-order chi connectivity index (χ0) is 18.2. The molecule has 0 spiro atoms. The molecular weight excluding hydrogens is 336 g/mol. The molecule has 130 valence electrons. The second-order valence-electron chi connectivity index (χ2n) is 5.74. The molecule has 1 atom stereocenters. The molecule has 2 aromatic rings. The first kappa shape index (κ1) is 18.7. The van der Waals surface area contributed by atoms with Gasteiger partial charge in [0.15, 0.2) is 0 Å². The summed E-state index contributed by atoms with van der Waals surface area (Å²) in [5.74, 6) is -0.0329. The third-order valence-corrected chi connectivity index (χ3v) is 4.63. The van der Waals surface area contributed by atoms with Crippen LogP contribution in [0.1, 0.15) is 30.2 Å². The molecule has 1 aromatic carbocycles. The Labute approximate surface area is 150 Å². The number of nitriles is 1. The van der Waals surface area contributed by atoms with E-state index in [1.807, 2.05) is 31.2 Å². The minimum atomic E-state index is -0.518. The minimum absolute atomic E-state index is 0.0395. The molecule has 25 heavy (non-hydrogen) atoms. The quantitative estimate of drug-likeness (QED) is 0.585. The molecule has 0 fully saturated rings. The van der Waals surface area contributed by atoms with Crippen LogP contribution >= 0.6 is 11.8 Å². The molecule has 0 saturated carbocycles. The zero-order valence-corrected chi connectivity index (χ0v) is 15.0. The number of H-pyrrole nitrogens is 1. The van der Waals surface area contributed by atoms with Crippen molar-refractivity contribution in [3.05, 3.63) is 57.6 Å². The molecule has 0 aliphatic rings. The number of carbonyl (C=O) groups excluding carboxylic acids is 1. The summed E-state index contributed by atoms with van der Waals surface area (Å²) in [7, 11) is 0. The number of rotatable bonds is 7. The fourth-order valence-electron chi connectivity index (χ4n) is 2.35. The highest BCUT2D eigenvalue weighted by atomic mass is 32.2. The van der Waals surface area contributed by atoms with E-state index in [0.717, 1.165) is 24.6 Å². The standard InChI is InChI=1S/C18H20N4O2S/c1-12(8-9-14-6-4-3-5-7-14)20-16(23)11-25-17-15(10-19)13(2)21-18(24)22-17/h3-7,12H,8-9,11H2,1-2H3,(H,20,23)(H,21,22,24). The molecular formula is C18H20N4O2S. The largest absolute Gasteiger partial charge is 0.353 e. The second kappa shape index (κ2) is 9.04. The van der Waals surface area contributed by atoms with Crippen molar-refractivity contribution in [2.45, 2.75) is 37.8 Å². The van der Waals surface area contributed by atoms with E-state index >= 15 is 0 Å². The van der Waals surface area contributed by atoms with Crippen molar-refractivity contribution >= 4 is 17.7 Å². The van der Waals surface area contributed by atoms with E-state index in [1.165, 1.54) is 5.56 Å². The number of nitrogens with zero attached hydrogens (tertiary/aromatic N) is 2. The van der Waals surface area contributed by atoms with Crippen LogP contribution in [-0.2, 0) is 11.2 Å². The molecule has 6 nitrogen and oxygen atoms in total. The average Bonchev–Trinajstić information content (AvgIpc) is 2.58. The topological polar surface area (TPSA) is 98.6 Å². The molecule has 1 unspecified atom stereocenters. The molecule has 1 amide bonds. The van der Waals surface area contributed by atoms with Crippen molar-refractivity contribution in [1.29, 1.82) is 5.26 Å². The molecule has 0 radical (unpaired) electrons. The van der Waals surface area contributed by atoms with Crippen molar-refractivity contribution in [2.75, 3.05) is 5.75 Å². The fraction of sp³-hybridized carbons (Fsp3) is 0.333. The van der Waals surface area contributed by atoms with Gasteiger partial charge in [-0.2, -0.15) is 10.2 Å². The minimum Gasteiger partial charge on any atom is -0.353 e. The number of aromatic nitrogens is 2. The van der Waals surface area contributed by atoms with Gasteiger partial charge in [0.2, 0.25) is 5.91 Å². The second-order valence-corrected chi connectivity index (χ2v) is 6.70. The number of carbonyl (C=O) groups is 1. The Morgan fingerprint density at radius 2 is 2.12 bits per heavy atom. The number of hydrogen-bond acceptors (Lipinski definition) is 5. The van der Waals surface area contributed by atoms with Gasteiger partial charge >= 0.3 is 5.69 Å². The first-order chi connectivity index (χ1) is 12.0. The lowest BCUT2D eigenvalue weighted by atomic mass is 10.1. The van der Waals surface area contributed by atoms with Gasteiger partial charge in [0.25, 0.3) is 0 Å². The summed E-state index contributed by atoms with van der Waals surface area (Å²) in [6, 6.07) is 12.2. The van der Waals surface area contributed by atoms with E-state index in [0.29, 0.717) is 11.3 Å². The number of amides is 1. The van der Waals surface area contributed by atoms with Gasteiger partial charge in [0.05, 0.1) is 5.75 Å². The van der Waals surface area contributed by atoms with Gasteiger partial charge in [-0.15, -0.1) is 0 Å². The Bertz CT molecular complexity index is 827. The summed E-state index contributed by atoms with van der Waals surface area (Å²) in [5.41, 5.74) is 1.48. The van der Waals surface area contributed by atoms with E-state index < -0.39 is 5.69 Å². The van der Waals surface area contributed by atoms with Crippen molar-refractivity contribution in [2.24, 2.45) is 0 Å². The van der Waals surface area contributed by atoms with E-state index in [2.05, 4.69) is 27.4 Å². The maximum atomic E-state index is 12.1. The Kier molecular flexibility index (Phi) is 6.78. The summed E-state index contributed by atoms with van der Waals surface area (Å²) in [6.07, 6.45) is 1.73. The summed E-state index contributed by atoms with van der Waals surface area (Å²) in [4.78, 5) is 29.8. The Morgan fingerprint density at radius 3 is 2.80 bits per heavy atom. The summed E-state index contributed by atoms with van der Waals surface area (Å²) < 4.78 is 0. The van der Waals surface area contributed by atoms with Crippen LogP contribution in [0.5, 0.6) is 0 Å². The van der Waals surface area contributed by atoms with E-state index in [4.69, 9.17) is 5.26 Å². The number of aryl methyl sites for hydroxylation is 2. The molecule has 0 aliphatic carbocycles. The molecule has 1 aromatic heterocycles. The number of nitrogens with one attached hydrogen (secondary N) is 2. The van der Waals surface area contributed by atoms with Crippen molar-refractivity contribution in [3.63, 3.8) is 0 Å². The predicted molar refractivity (Wildman–Crippen MR) is 97.4 cm³/mol. The van der Waals surface area contributed by atoms with E-state index in [9.17, 15) is 9.59 Å². The Morgan fingerprint density at radius 1 is 1.40 bits per heavy atom. The molecule has 2 N–H and O–H groups in total. The molecule has 0 bridgehead atoms. The van der Waals surface area contributed by atoms with Crippen LogP contribution in [0.4, 0.5) is 0 Å².